The van der Waals surface area contributed by atoms with Gasteiger partial charge in [0, 0.05) is 19.3 Å². The molecule has 0 saturated carbocycles. The Balaban J connectivity index is 4.34. The van der Waals surface area contributed by atoms with Crippen molar-refractivity contribution >= 4 is 17.9 Å². The lowest BCUT2D eigenvalue weighted by Gasteiger charge is -2.18. The molecule has 0 radical (unpaired) electrons. The summed E-state index contributed by atoms with van der Waals surface area (Å²) in [6, 6.07) is 0. The first-order valence-corrected chi connectivity index (χ1v) is 32.8. The molecule has 0 fully saturated rings. The molecule has 0 aromatic heterocycles. The number of hydrogen-bond donors (Lipinski definition) is 0. The van der Waals surface area contributed by atoms with Crippen LogP contribution < -0.4 is 0 Å². The average Bonchev–Trinajstić information content (AvgIpc) is 3.41. The first kappa shape index (κ1) is 72.1. The van der Waals surface area contributed by atoms with E-state index in [9.17, 15) is 14.4 Å². The Labute approximate surface area is 466 Å². The molecule has 0 bridgehead atoms. The van der Waals surface area contributed by atoms with Crippen LogP contribution in [0.2, 0.25) is 0 Å². The topological polar surface area (TPSA) is 78.9 Å². The molecule has 436 valence electrons. The second-order valence-corrected chi connectivity index (χ2v) is 22.0. The molecule has 0 spiro atoms. The van der Waals surface area contributed by atoms with Gasteiger partial charge >= 0.3 is 17.9 Å². The first-order valence-electron chi connectivity index (χ1n) is 32.8. The molecule has 0 aliphatic carbocycles. The van der Waals surface area contributed by atoms with Crippen LogP contribution in [0.5, 0.6) is 0 Å². The number of rotatable bonds is 60. The van der Waals surface area contributed by atoms with Gasteiger partial charge in [-0.05, 0) is 109 Å². The molecule has 0 rings (SSSR count). The summed E-state index contributed by atoms with van der Waals surface area (Å²) >= 11 is 0. The minimum Gasteiger partial charge on any atom is -0.462 e. The van der Waals surface area contributed by atoms with E-state index in [1.807, 2.05) is 0 Å². The van der Waals surface area contributed by atoms with Gasteiger partial charge in [0.1, 0.15) is 13.2 Å². The number of allylic oxidation sites excluding steroid dienone is 10. The summed E-state index contributed by atoms with van der Waals surface area (Å²) in [6.45, 7) is 6.63. The monoisotopic (exact) mass is 1050 g/mol. The van der Waals surface area contributed by atoms with Crippen molar-refractivity contribution in [1.29, 1.82) is 0 Å². The Hall–Kier alpha value is -2.89. The largest absolute Gasteiger partial charge is 0.462 e. The lowest BCUT2D eigenvalue weighted by atomic mass is 10.0. The van der Waals surface area contributed by atoms with E-state index in [1.165, 1.54) is 218 Å². The maximum Gasteiger partial charge on any atom is 0.306 e. The van der Waals surface area contributed by atoms with Gasteiger partial charge in [0.15, 0.2) is 6.10 Å². The second-order valence-electron chi connectivity index (χ2n) is 22.0. The normalized spacial score (nSPS) is 12.4. The third-order valence-electron chi connectivity index (χ3n) is 14.5. The van der Waals surface area contributed by atoms with Gasteiger partial charge in [-0.2, -0.15) is 0 Å². The molecule has 1 unspecified atom stereocenters. The molecular formula is C69H124O6. The molecule has 0 amide bonds. The number of esters is 3. The maximum atomic E-state index is 12.9. The Morgan fingerprint density at radius 1 is 0.267 bits per heavy atom. The lowest BCUT2D eigenvalue weighted by Crippen LogP contribution is -2.30. The quantitative estimate of drug-likeness (QED) is 0.0261. The first-order chi connectivity index (χ1) is 37.0. The van der Waals surface area contributed by atoms with Crippen molar-refractivity contribution in [2.45, 2.75) is 348 Å². The summed E-state index contributed by atoms with van der Waals surface area (Å²) in [5, 5.41) is 0. The zero-order valence-electron chi connectivity index (χ0n) is 50.1. The third-order valence-corrected chi connectivity index (χ3v) is 14.5. The fraction of sp³-hybridized carbons (Fsp3) is 0.812. The van der Waals surface area contributed by atoms with Crippen molar-refractivity contribution in [3.05, 3.63) is 60.8 Å². The van der Waals surface area contributed by atoms with E-state index in [0.29, 0.717) is 19.3 Å². The molecular weight excluding hydrogens is 925 g/mol. The highest BCUT2D eigenvalue weighted by molar-refractivity contribution is 5.71. The summed E-state index contributed by atoms with van der Waals surface area (Å²) in [5.74, 6) is -0.879. The summed E-state index contributed by atoms with van der Waals surface area (Å²) < 4.78 is 16.9. The zero-order chi connectivity index (χ0) is 54.3. The van der Waals surface area contributed by atoms with Crippen molar-refractivity contribution in [1.82, 2.24) is 0 Å². The SMILES string of the molecule is CCCCC/C=C\C/C=C\CCCCCCCC(=O)OCC(COC(=O)CCCCCCCCCCCCC/C=C\C/C=C\CCCCCCC)OC(=O)CCCCCCCCCCC/C=C\CCCCCCCC. The molecule has 75 heavy (non-hydrogen) atoms. The molecule has 0 saturated heterocycles. The Kier molecular flexibility index (Phi) is 61.2. The molecule has 0 heterocycles. The van der Waals surface area contributed by atoms with E-state index in [4.69, 9.17) is 14.2 Å². The molecule has 0 aromatic rings. The summed E-state index contributed by atoms with van der Waals surface area (Å²) in [6.07, 6.45) is 80.8. The number of hydrogen-bond acceptors (Lipinski definition) is 6. The van der Waals surface area contributed by atoms with Crippen molar-refractivity contribution in [3.8, 4) is 0 Å². The summed E-state index contributed by atoms with van der Waals surface area (Å²) in [7, 11) is 0. The van der Waals surface area contributed by atoms with Gasteiger partial charge < -0.3 is 14.2 Å². The molecule has 0 aromatic carbocycles. The zero-order valence-corrected chi connectivity index (χ0v) is 50.1. The number of carbonyl (C=O) groups excluding carboxylic acids is 3. The van der Waals surface area contributed by atoms with Crippen LogP contribution in [0.15, 0.2) is 60.8 Å². The van der Waals surface area contributed by atoms with Gasteiger partial charge in [0.25, 0.3) is 0 Å². The van der Waals surface area contributed by atoms with E-state index in [0.717, 1.165) is 83.5 Å². The van der Waals surface area contributed by atoms with Crippen LogP contribution in [-0.2, 0) is 28.6 Å². The maximum absolute atomic E-state index is 12.9. The van der Waals surface area contributed by atoms with E-state index >= 15 is 0 Å². The van der Waals surface area contributed by atoms with E-state index in [2.05, 4.69) is 81.5 Å². The Bertz CT molecular complexity index is 1340. The van der Waals surface area contributed by atoms with Gasteiger partial charge in [0.2, 0.25) is 0 Å². The van der Waals surface area contributed by atoms with E-state index in [1.54, 1.807) is 0 Å². The molecule has 6 nitrogen and oxygen atoms in total. The smallest absolute Gasteiger partial charge is 0.306 e. The Morgan fingerprint density at radius 3 is 0.773 bits per heavy atom. The molecule has 0 aliphatic rings. The second kappa shape index (κ2) is 63.6. The van der Waals surface area contributed by atoms with Crippen molar-refractivity contribution in [2.75, 3.05) is 13.2 Å². The molecule has 0 aliphatic heterocycles. The highest BCUT2D eigenvalue weighted by Crippen LogP contribution is 2.17. The van der Waals surface area contributed by atoms with Gasteiger partial charge in [-0.1, -0.05) is 274 Å². The average molecular weight is 1050 g/mol. The third kappa shape index (κ3) is 61.8. The van der Waals surface area contributed by atoms with Crippen LogP contribution >= 0.6 is 0 Å². The fourth-order valence-corrected chi connectivity index (χ4v) is 9.50. The predicted octanol–water partition coefficient (Wildman–Crippen LogP) is 22.3. The molecule has 6 heteroatoms. The van der Waals surface area contributed by atoms with Crippen molar-refractivity contribution in [3.63, 3.8) is 0 Å². The summed E-state index contributed by atoms with van der Waals surface area (Å²) in [5.41, 5.74) is 0. The van der Waals surface area contributed by atoms with Crippen LogP contribution in [-0.4, -0.2) is 37.2 Å². The molecule has 0 N–H and O–H groups in total. The standard InChI is InChI=1S/C69H124O6/c1-4-7-10-13-16-19-22-25-28-30-32-33-34-35-37-38-41-44-47-50-53-56-59-62-68(71)74-65-66(64-73-67(70)61-58-55-52-49-46-43-40-27-24-21-18-15-12-9-6-3)75-69(72)63-60-57-54-51-48-45-42-39-36-31-29-26-23-20-17-14-11-8-5-2/h18,21-22,25-27,29-30,32,40,66H,4-17,19-20,23-24,28,31,33-39,41-65H2,1-3H3/b21-18-,25-22-,29-26-,32-30-,40-27-. The van der Waals surface area contributed by atoms with E-state index in [-0.39, 0.29) is 31.1 Å². The molecule has 1 atom stereocenters. The van der Waals surface area contributed by atoms with Gasteiger partial charge in [-0.15, -0.1) is 0 Å². The fourth-order valence-electron chi connectivity index (χ4n) is 9.50. The van der Waals surface area contributed by atoms with E-state index < -0.39 is 6.10 Å². The predicted molar refractivity (Wildman–Crippen MR) is 325 cm³/mol. The Morgan fingerprint density at radius 2 is 0.480 bits per heavy atom. The van der Waals surface area contributed by atoms with Gasteiger partial charge in [-0.25, -0.2) is 0 Å². The highest BCUT2D eigenvalue weighted by Gasteiger charge is 2.19. The van der Waals surface area contributed by atoms with Crippen LogP contribution in [0.4, 0.5) is 0 Å². The van der Waals surface area contributed by atoms with Crippen molar-refractivity contribution < 1.29 is 28.6 Å². The van der Waals surface area contributed by atoms with Crippen LogP contribution in [0.3, 0.4) is 0 Å². The minimum atomic E-state index is -0.783. The number of ether oxygens (including phenoxy) is 3. The van der Waals surface area contributed by atoms with Crippen LogP contribution in [0, 0.1) is 0 Å². The summed E-state index contributed by atoms with van der Waals surface area (Å²) in [4.78, 5) is 38.3. The van der Waals surface area contributed by atoms with Crippen LogP contribution in [0.1, 0.15) is 342 Å². The van der Waals surface area contributed by atoms with Gasteiger partial charge in [-0.3, -0.25) is 14.4 Å². The number of unbranched alkanes of at least 4 members (excludes halogenated alkanes) is 39. The van der Waals surface area contributed by atoms with Crippen LogP contribution in [0.25, 0.3) is 0 Å². The van der Waals surface area contributed by atoms with Gasteiger partial charge in [0.05, 0.1) is 0 Å². The van der Waals surface area contributed by atoms with Crippen molar-refractivity contribution in [2.24, 2.45) is 0 Å². The minimum absolute atomic E-state index is 0.0787. The highest BCUT2D eigenvalue weighted by atomic mass is 16.6. The number of carbonyl (C=O) groups is 3. The lowest BCUT2D eigenvalue weighted by molar-refractivity contribution is -0.167.